The van der Waals surface area contributed by atoms with Crippen LogP contribution >= 0.6 is 0 Å². The van der Waals surface area contributed by atoms with Crippen LogP contribution in [0.1, 0.15) is 37.7 Å². The minimum absolute atomic E-state index is 0.0251. The van der Waals surface area contributed by atoms with E-state index in [0.717, 1.165) is 32.1 Å². The third-order valence-electron chi connectivity index (χ3n) is 5.40. The molecule has 3 rings (SSSR count). The summed E-state index contributed by atoms with van der Waals surface area (Å²) in [7, 11) is -1.96. The fraction of sp³-hybridized carbons (Fsp3) is 0.318. The first kappa shape index (κ1) is 22.6. The van der Waals surface area contributed by atoms with Crippen molar-refractivity contribution in [1.82, 2.24) is 4.31 Å². The van der Waals surface area contributed by atoms with Crippen LogP contribution in [0.4, 0.5) is 11.4 Å². The van der Waals surface area contributed by atoms with Gasteiger partial charge in [0.2, 0.25) is 15.9 Å². The summed E-state index contributed by atoms with van der Waals surface area (Å²) in [5.74, 6) is -0.429. The van der Waals surface area contributed by atoms with Crippen LogP contribution in [0.5, 0.6) is 0 Å². The molecule has 1 saturated carbocycles. The number of hydrogen-bond donors (Lipinski definition) is 1. The van der Waals surface area contributed by atoms with Gasteiger partial charge in [-0.2, -0.15) is 4.31 Å². The average molecular weight is 444 g/mol. The number of nitro benzene ring substituents is 1. The van der Waals surface area contributed by atoms with Gasteiger partial charge in [0.1, 0.15) is 0 Å². The lowest BCUT2D eigenvalue weighted by atomic mass is 9.96. The normalized spacial score (nSPS) is 15.3. The maximum Gasteiger partial charge on any atom is 0.270 e. The lowest BCUT2D eigenvalue weighted by molar-refractivity contribution is -0.384. The molecular formula is C22H25N3O5S. The minimum Gasteiger partial charge on any atom is -0.323 e. The zero-order valence-electron chi connectivity index (χ0n) is 17.2. The van der Waals surface area contributed by atoms with Crippen molar-refractivity contribution in [3.63, 3.8) is 0 Å². The van der Waals surface area contributed by atoms with E-state index in [2.05, 4.69) is 5.32 Å². The van der Waals surface area contributed by atoms with Crippen molar-refractivity contribution in [1.29, 1.82) is 0 Å². The Hall–Kier alpha value is -3.04. The van der Waals surface area contributed by atoms with E-state index in [1.165, 1.54) is 40.7 Å². The highest BCUT2D eigenvalue weighted by molar-refractivity contribution is 7.89. The highest BCUT2D eigenvalue weighted by Crippen LogP contribution is 2.27. The molecule has 9 heteroatoms. The Kier molecular flexibility index (Phi) is 7.19. The summed E-state index contributed by atoms with van der Waals surface area (Å²) in [4.78, 5) is 22.6. The smallest absolute Gasteiger partial charge is 0.270 e. The third kappa shape index (κ3) is 5.77. The Bertz CT molecular complexity index is 1070. The molecule has 0 bridgehead atoms. The maximum absolute atomic E-state index is 12.9. The van der Waals surface area contributed by atoms with E-state index in [1.54, 1.807) is 31.3 Å². The maximum atomic E-state index is 12.9. The summed E-state index contributed by atoms with van der Waals surface area (Å²) in [5, 5.41) is 13.5. The molecule has 0 spiro atoms. The van der Waals surface area contributed by atoms with Gasteiger partial charge in [0.25, 0.3) is 5.69 Å². The molecule has 164 valence electrons. The molecule has 0 atom stereocenters. The van der Waals surface area contributed by atoms with Crippen molar-refractivity contribution in [2.24, 2.45) is 0 Å². The number of carbonyl (C=O) groups excluding carboxylic acids is 1. The molecule has 0 heterocycles. The van der Waals surface area contributed by atoms with Crippen molar-refractivity contribution < 1.29 is 18.1 Å². The van der Waals surface area contributed by atoms with Gasteiger partial charge >= 0.3 is 0 Å². The molecule has 0 unspecified atom stereocenters. The zero-order valence-corrected chi connectivity index (χ0v) is 18.0. The number of nitro groups is 1. The Morgan fingerprint density at radius 1 is 1.13 bits per heavy atom. The summed E-state index contributed by atoms with van der Waals surface area (Å²) in [5.41, 5.74) is 0.919. The summed E-state index contributed by atoms with van der Waals surface area (Å²) in [6.07, 6.45) is 7.72. The summed E-state index contributed by atoms with van der Waals surface area (Å²) < 4.78 is 27.2. The predicted octanol–water partition coefficient (Wildman–Crippen LogP) is 4.20. The van der Waals surface area contributed by atoms with Crippen LogP contribution in [0.25, 0.3) is 6.08 Å². The van der Waals surface area contributed by atoms with Crippen molar-refractivity contribution in [2.45, 2.75) is 43.0 Å². The first-order valence-corrected chi connectivity index (χ1v) is 11.5. The van der Waals surface area contributed by atoms with E-state index < -0.39 is 20.9 Å². The van der Waals surface area contributed by atoms with Crippen molar-refractivity contribution in [3.05, 3.63) is 70.3 Å². The number of sulfonamides is 1. The van der Waals surface area contributed by atoms with Crippen LogP contribution in [0.2, 0.25) is 0 Å². The molecule has 0 radical (unpaired) electrons. The number of hydrogen-bond acceptors (Lipinski definition) is 5. The summed E-state index contributed by atoms with van der Waals surface area (Å²) in [6, 6.07) is 12.0. The quantitative estimate of drug-likeness (QED) is 0.392. The Morgan fingerprint density at radius 3 is 2.45 bits per heavy atom. The van der Waals surface area contributed by atoms with Crippen molar-refractivity contribution in [3.8, 4) is 0 Å². The van der Waals surface area contributed by atoms with Crippen LogP contribution in [0.15, 0.2) is 59.5 Å². The van der Waals surface area contributed by atoms with E-state index in [-0.39, 0.29) is 16.6 Å². The first-order valence-electron chi connectivity index (χ1n) is 10.1. The minimum atomic E-state index is -3.59. The molecule has 0 aliphatic heterocycles. The number of anilines is 1. The van der Waals surface area contributed by atoms with E-state index in [0.29, 0.717) is 11.3 Å². The van der Waals surface area contributed by atoms with Crippen LogP contribution in [0, 0.1) is 10.1 Å². The van der Waals surface area contributed by atoms with Gasteiger partial charge in [0, 0.05) is 37.0 Å². The molecule has 0 saturated heterocycles. The fourth-order valence-corrected chi connectivity index (χ4v) is 5.03. The molecular weight excluding hydrogens is 418 g/mol. The molecule has 1 fully saturated rings. The van der Waals surface area contributed by atoms with Gasteiger partial charge in [0.05, 0.1) is 9.82 Å². The lowest BCUT2D eigenvalue weighted by Crippen LogP contribution is -2.38. The van der Waals surface area contributed by atoms with Gasteiger partial charge < -0.3 is 5.32 Å². The molecule has 8 nitrogen and oxygen atoms in total. The molecule has 1 aliphatic rings. The van der Waals surface area contributed by atoms with E-state index in [9.17, 15) is 23.3 Å². The molecule has 1 aliphatic carbocycles. The highest BCUT2D eigenvalue weighted by atomic mass is 32.2. The largest absolute Gasteiger partial charge is 0.323 e. The number of nitrogens with zero attached hydrogens (tertiary/aromatic N) is 2. The third-order valence-corrected chi connectivity index (χ3v) is 7.32. The van der Waals surface area contributed by atoms with Crippen LogP contribution < -0.4 is 5.32 Å². The van der Waals surface area contributed by atoms with Gasteiger partial charge in [-0.05, 0) is 48.7 Å². The predicted molar refractivity (Wildman–Crippen MR) is 119 cm³/mol. The van der Waals surface area contributed by atoms with Gasteiger partial charge in [-0.1, -0.05) is 31.4 Å². The summed E-state index contributed by atoms with van der Waals surface area (Å²) >= 11 is 0. The van der Waals surface area contributed by atoms with Crippen molar-refractivity contribution >= 4 is 33.4 Å². The number of rotatable bonds is 7. The molecule has 31 heavy (non-hydrogen) atoms. The number of non-ortho nitro benzene ring substituents is 1. The van der Waals surface area contributed by atoms with Crippen LogP contribution in [-0.2, 0) is 14.8 Å². The Labute approximate surface area is 181 Å². The standard InChI is InChI=1S/C22H25N3O5S/c1-24(19-7-3-2-4-8-19)31(29,30)21-13-11-18(12-14-21)23-22(26)15-10-17-6-5-9-20(16-17)25(27)28/h5-6,9-16,19H,2-4,7-8H2,1H3,(H,23,26)/b15-10+. The average Bonchev–Trinajstić information content (AvgIpc) is 2.78. The number of carbonyl (C=O) groups is 1. The van der Waals surface area contributed by atoms with Crippen molar-refractivity contribution in [2.75, 3.05) is 12.4 Å². The molecule has 1 N–H and O–H groups in total. The number of benzene rings is 2. The Morgan fingerprint density at radius 2 is 1.81 bits per heavy atom. The number of amides is 1. The van der Waals surface area contributed by atoms with E-state index in [1.807, 2.05) is 0 Å². The van der Waals surface area contributed by atoms with E-state index >= 15 is 0 Å². The monoisotopic (exact) mass is 443 g/mol. The molecule has 2 aromatic rings. The fourth-order valence-electron chi connectivity index (χ4n) is 3.62. The molecule has 0 aromatic heterocycles. The first-order chi connectivity index (χ1) is 14.8. The van der Waals surface area contributed by atoms with E-state index in [4.69, 9.17) is 0 Å². The molecule has 2 aromatic carbocycles. The second kappa shape index (κ2) is 9.84. The lowest BCUT2D eigenvalue weighted by Gasteiger charge is -2.30. The summed E-state index contributed by atoms with van der Waals surface area (Å²) in [6.45, 7) is 0. The Balaban J connectivity index is 1.64. The zero-order chi connectivity index (χ0) is 22.4. The van der Waals surface area contributed by atoms with Gasteiger partial charge in [-0.25, -0.2) is 8.42 Å². The topological polar surface area (TPSA) is 110 Å². The molecule has 1 amide bonds. The van der Waals surface area contributed by atoms with Crippen LogP contribution in [-0.4, -0.2) is 36.6 Å². The second-order valence-electron chi connectivity index (χ2n) is 7.51. The van der Waals surface area contributed by atoms with Crippen LogP contribution in [0.3, 0.4) is 0 Å². The van der Waals surface area contributed by atoms with Gasteiger partial charge in [-0.3, -0.25) is 14.9 Å². The second-order valence-corrected chi connectivity index (χ2v) is 9.51. The van der Waals surface area contributed by atoms with Gasteiger partial charge in [-0.15, -0.1) is 0 Å². The van der Waals surface area contributed by atoms with Gasteiger partial charge in [0.15, 0.2) is 0 Å². The number of nitrogens with one attached hydrogen (secondary N) is 1. The highest BCUT2D eigenvalue weighted by Gasteiger charge is 2.28. The SMILES string of the molecule is CN(C1CCCCC1)S(=O)(=O)c1ccc(NC(=O)/C=C/c2cccc([N+](=O)[O-])c2)cc1.